The molecule has 2 heteroatoms. The van der Waals surface area contributed by atoms with Crippen molar-refractivity contribution in [3.8, 4) is 0 Å². The highest BCUT2D eigenvalue weighted by molar-refractivity contribution is 5.72. The largest absolute Gasteiger partial charge is 0.462 e. The Balaban J connectivity index is 1.69. The van der Waals surface area contributed by atoms with Gasteiger partial charge in [-0.2, -0.15) is 0 Å². The number of carbonyl (C=O) groups excluding carboxylic acids is 1. The monoisotopic (exact) mass is 336 g/mol. The summed E-state index contributed by atoms with van der Waals surface area (Å²) in [6.45, 7) is 9.15. The minimum Gasteiger partial charge on any atom is -0.462 e. The molecule has 2 rings (SSSR count). The Morgan fingerprint density at radius 3 is 2.04 bits per heavy atom. The van der Waals surface area contributed by atoms with E-state index < -0.39 is 0 Å². The van der Waals surface area contributed by atoms with Gasteiger partial charge in [0, 0.05) is 0 Å². The number of carbonyl (C=O) groups is 1. The van der Waals surface area contributed by atoms with Crippen molar-refractivity contribution in [2.75, 3.05) is 0 Å². The van der Waals surface area contributed by atoms with E-state index in [-0.39, 0.29) is 18.0 Å². The summed E-state index contributed by atoms with van der Waals surface area (Å²) in [5.41, 5.74) is 0. The zero-order valence-corrected chi connectivity index (χ0v) is 16.6. The van der Waals surface area contributed by atoms with Crippen molar-refractivity contribution < 1.29 is 9.53 Å². The van der Waals surface area contributed by atoms with Crippen LogP contribution in [0.3, 0.4) is 0 Å². The van der Waals surface area contributed by atoms with E-state index in [1.165, 1.54) is 57.8 Å². The molecule has 24 heavy (non-hydrogen) atoms. The number of rotatable bonds is 7. The molecule has 0 spiro atoms. The molecule has 2 atom stereocenters. The smallest absolute Gasteiger partial charge is 0.309 e. The van der Waals surface area contributed by atoms with E-state index in [9.17, 15) is 4.79 Å². The summed E-state index contributed by atoms with van der Waals surface area (Å²) in [5.74, 6) is 3.23. The first-order valence-corrected chi connectivity index (χ1v) is 10.7. The Bertz CT molecular complexity index is 362. The molecule has 0 heterocycles. The van der Waals surface area contributed by atoms with Gasteiger partial charge in [0.15, 0.2) is 0 Å². The molecule has 0 radical (unpaired) electrons. The molecular formula is C22H40O2. The van der Waals surface area contributed by atoms with E-state index >= 15 is 0 Å². The van der Waals surface area contributed by atoms with E-state index in [2.05, 4.69) is 27.7 Å². The molecule has 0 aromatic rings. The van der Waals surface area contributed by atoms with E-state index in [1.807, 2.05) is 0 Å². The van der Waals surface area contributed by atoms with Gasteiger partial charge in [0.25, 0.3) is 0 Å². The normalized spacial score (nSPS) is 28.5. The van der Waals surface area contributed by atoms with Gasteiger partial charge >= 0.3 is 5.97 Å². The second kappa shape index (κ2) is 9.82. The predicted octanol–water partition coefficient (Wildman–Crippen LogP) is 6.38. The lowest BCUT2D eigenvalue weighted by molar-refractivity contribution is -0.158. The van der Waals surface area contributed by atoms with Gasteiger partial charge in [-0.25, -0.2) is 0 Å². The zero-order chi connectivity index (χ0) is 17.5. The van der Waals surface area contributed by atoms with Crippen molar-refractivity contribution in [2.45, 2.75) is 104 Å². The van der Waals surface area contributed by atoms with Gasteiger partial charge in [-0.3, -0.25) is 4.79 Å². The molecule has 0 aromatic carbocycles. The zero-order valence-electron chi connectivity index (χ0n) is 16.6. The van der Waals surface area contributed by atoms with Gasteiger partial charge in [-0.1, -0.05) is 59.8 Å². The second-order valence-corrected chi connectivity index (χ2v) is 9.11. The fraction of sp³-hybridized carbons (Fsp3) is 0.955. The van der Waals surface area contributed by atoms with E-state index in [0.29, 0.717) is 5.92 Å². The van der Waals surface area contributed by atoms with Crippen molar-refractivity contribution in [3.63, 3.8) is 0 Å². The minimum atomic E-state index is 0.0817. The topological polar surface area (TPSA) is 26.3 Å². The summed E-state index contributed by atoms with van der Waals surface area (Å²) in [6.07, 6.45) is 13.9. The van der Waals surface area contributed by atoms with Crippen molar-refractivity contribution in [1.82, 2.24) is 0 Å². The SMILES string of the molecule is CC(C)CCC(C)C1CCC(OC(=O)C(C)C2CCCCC2)CC1. The molecule has 140 valence electrons. The molecule has 0 aliphatic heterocycles. The Morgan fingerprint density at radius 1 is 0.833 bits per heavy atom. The molecule has 2 aliphatic carbocycles. The molecule has 2 nitrogen and oxygen atoms in total. The number of ether oxygens (including phenoxy) is 1. The van der Waals surface area contributed by atoms with Crippen LogP contribution in [-0.2, 0) is 9.53 Å². The highest BCUT2D eigenvalue weighted by atomic mass is 16.5. The lowest BCUT2D eigenvalue weighted by Crippen LogP contribution is -2.31. The molecular weight excluding hydrogens is 296 g/mol. The van der Waals surface area contributed by atoms with E-state index in [1.54, 1.807) is 0 Å². The van der Waals surface area contributed by atoms with Crippen LogP contribution in [0.4, 0.5) is 0 Å². The standard InChI is InChI=1S/C22H40O2/c1-16(2)10-11-17(3)19-12-14-21(15-13-19)24-22(23)18(4)20-8-6-5-7-9-20/h16-21H,5-15H2,1-4H3. The van der Waals surface area contributed by atoms with E-state index in [0.717, 1.165) is 30.6 Å². The fourth-order valence-corrected chi connectivity index (χ4v) is 4.71. The third kappa shape index (κ3) is 6.08. The maximum absolute atomic E-state index is 12.5. The van der Waals surface area contributed by atoms with Crippen LogP contribution in [0.25, 0.3) is 0 Å². The van der Waals surface area contributed by atoms with Crippen LogP contribution in [0.2, 0.25) is 0 Å². The van der Waals surface area contributed by atoms with Gasteiger partial charge in [0.1, 0.15) is 6.10 Å². The maximum atomic E-state index is 12.5. The molecule has 0 amide bonds. The summed E-state index contributed by atoms with van der Waals surface area (Å²) in [6, 6.07) is 0. The third-order valence-corrected chi connectivity index (χ3v) is 6.73. The van der Waals surface area contributed by atoms with Gasteiger partial charge in [-0.05, 0) is 62.2 Å². The minimum absolute atomic E-state index is 0.0817. The summed E-state index contributed by atoms with van der Waals surface area (Å²) in [7, 11) is 0. The van der Waals surface area contributed by atoms with Crippen LogP contribution < -0.4 is 0 Å². The molecule has 0 bridgehead atoms. The first-order chi connectivity index (χ1) is 11.5. The Hall–Kier alpha value is -0.530. The lowest BCUT2D eigenvalue weighted by Gasteiger charge is -2.33. The summed E-state index contributed by atoms with van der Waals surface area (Å²) >= 11 is 0. The van der Waals surface area contributed by atoms with Gasteiger partial charge in [0.05, 0.1) is 5.92 Å². The van der Waals surface area contributed by atoms with Crippen LogP contribution in [0.1, 0.15) is 98.3 Å². The summed E-state index contributed by atoms with van der Waals surface area (Å²) in [5, 5.41) is 0. The average Bonchev–Trinajstić information content (AvgIpc) is 2.60. The quantitative estimate of drug-likeness (QED) is 0.504. The van der Waals surface area contributed by atoms with Gasteiger partial charge < -0.3 is 4.74 Å². The van der Waals surface area contributed by atoms with Crippen molar-refractivity contribution in [2.24, 2.45) is 29.6 Å². The molecule has 2 aliphatic rings. The van der Waals surface area contributed by atoms with Crippen molar-refractivity contribution >= 4 is 5.97 Å². The van der Waals surface area contributed by atoms with Crippen molar-refractivity contribution in [3.05, 3.63) is 0 Å². The molecule has 2 fully saturated rings. The van der Waals surface area contributed by atoms with Crippen LogP contribution in [0.5, 0.6) is 0 Å². The Morgan fingerprint density at radius 2 is 1.46 bits per heavy atom. The number of esters is 1. The van der Waals surface area contributed by atoms with Gasteiger partial charge in [-0.15, -0.1) is 0 Å². The summed E-state index contributed by atoms with van der Waals surface area (Å²) < 4.78 is 5.89. The highest BCUT2D eigenvalue weighted by Gasteiger charge is 2.31. The lowest BCUT2D eigenvalue weighted by atomic mass is 9.77. The number of hydrogen-bond donors (Lipinski definition) is 0. The molecule has 0 N–H and O–H groups in total. The third-order valence-electron chi connectivity index (χ3n) is 6.73. The Kier molecular flexibility index (Phi) is 8.10. The molecule has 2 unspecified atom stereocenters. The highest BCUT2D eigenvalue weighted by Crippen LogP contribution is 2.35. The fourth-order valence-electron chi connectivity index (χ4n) is 4.71. The van der Waals surface area contributed by atoms with Crippen molar-refractivity contribution in [1.29, 1.82) is 0 Å². The predicted molar refractivity (Wildman–Crippen MR) is 101 cm³/mol. The Labute approximate surface area is 150 Å². The molecule has 2 saturated carbocycles. The first kappa shape index (κ1) is 19.8. The van der Waals surface area contributed by atoms with Crippen LogP contribution in [0.15, 0.2) is 0 Å². The number of hydrogen-bond acceptors (Lipinski definition) is 2. The summed E-state index contributed by atoms with van der Waals surface area (Å²) in [4.78, 5) is 12.5. The van der Waals surface area contributed by atoms with Crippen LogP contribution >= 0.6 is 0 Å². The van der Waals surface area contributed by atoms with Crippen LogP contribution in [0, 0.1) is 29.6 Å². The average molecular weight is 337 g/mol. The first-order valence-electron chi connectivity index (χ1n) is 10.7. The molecule has 0 saturated heterocycles. The van der Waals surface area contributed by atoms with Crippen LogP contribution in [-0.4, -0.2) is 12.1 Å². The van der Waals surface area contributed by atoms with Gasteiger partial charge in [0.2, 0.25) is 0 Å². The molecule has 0 aromatic heterocycles. The maximum Gasteiger partial charge on any atom is 0.309 e. The second-order valence-electron chi connectivity index (χ2n) is 9.11. The van der Waals surface area contributed by atoms with E-state index in [4.69, 9.17) is 4.74 Å².